The molecule has 126 valence electrons. The van der Waals surface area contributed by atoms with Gasteiger partial charge in [0.15, 0.2) is 0 Å². The van der Waals surface area contributed by atoms with Gasteiger partial charge in [0, 0.05) is 32.4 Å². The molecule has 5 rings (SSSR count). The highest BCUT2D eigenvalue weighted by Gasteiger charge is 2.13. The lowest BCUT2D eigenvalue weighted by atomic mass is 10.1. The van der Waals surface area contributed by atoms with Gasteiger partial charge in [0.2, 0.25) is 0 Å². The Balaban J connectivity index is 1.62. The molecule has 2 aromatic carbocycles. The normalized spacial score (nSPS) is 11.2. The molecule has 0 fully saturated rings. The first-order chi connectivity index (χ1) is 12.8. The molecule has 0 atom stereocenters. The topological polar surface area (TPSA) is 73.6 Å². The van der Waals surface area contributed by atoms with Crippen LogP contribution in [0.1, 0.15) is 10.5 Å². The van der Waals surface area contributed by atoms with Crippen LogP contribution in [-0.4, -0.2) is 21.1 Å². The summed E-state index contributed by atoms with van der Waals surface area (Å²) < 4.78 is 1.23. The number of rotatable bonds is 3. The number of nitrogens with zero attached hydrogens (tertiary/aromatic N) is 1. The van der Waals surface area contributed by atoms with Crippen molar-refractivity contribution in [3.63, 3.8) is 0 Å². The van der Waals surface area contributed by atoms with Crippen molar-refractivity contribution in [1.82, 2.24) is 15.2 Å². The third-order valence-electron chi connectivity index (χ3n) is 4.34. The van der Waals surface area contributed by atoms with E-state index >= 15 is 0 Å². The molecule has 0 unspecified atom stereocenters. The molecular weight excluding hydrogens is 344 g/mol. The van der Waals surface area contributed by atoms with E-state index < -0.39 is 0 Å². The maximum atomic E-state index is 12.4. The summed E-state index contributed by atoms with van der Waals surface area (Å²) >= 11 is 1.73. The fraction of sp³-hybridized carbons (Fsp3) is 0. The Hall–Kier alpha value is -3.38. The fourth-order valence-electron chi connectivity index (χ4n) is 3.11. The molecule has 26 heavy (non-hydrogen) atoms. The van der Waals surface area contributed by atoms with Gasteiger partial charge in [0.25, 0.3) is 5.91 Å². The fourth-order valence-corrected chi connectivity index (χ4v) is 4.19. The second-order valence-electron chi connectivity index (χ2n) is 6.04. The molecule has 0 spiro atoms. The Morgan fingerprint density at radius 2 is 1.96 bits per heavy atom. The number of carbonyl (C=O) groups excluding carboxylic acids is 1. The Morgan fingerprint density at radius 1 is 1.04 bits per heavy atom. The summed E-state index contributed by atoms with van der Waals surface area (Å²) in [6.45, 7) is 0. The Labute approximate surface area is 152 Å². The van der Waals surface area contributed by atoms with Crippen molar-refractivity contribution in [3.8, 4) is 10.4 Å². The highest BCUT2D eigenvalue weighted by atomic mass is 32.1. The lowest BCUT2D eigenvalue weighted by Gasteiger charge is -2.07. The number of hydrogen-bond acceptors (Lipinski definition) is 3. The van der Waals surface area contributed by atoms with Crippen molar-refractivity contribution in [3.05, 3.63) is 72.7 Å². The molecule has 0 aliphatic heterocycles. The van der Waals surface area contributed by atoms with Crippen molar-refractivity contribution in [2.75, 3.05) is 5.32 Å². The Bertz CT molecular complexity index is 1200. The van der Waals surface area contributed by atoms with E-state index in [-0.39, 0.29) is 5.91 Å². The number of aromatic nitrogens is 3. The van der Waals surface area contributed by atoms with Gasteiger partial charge in [-0.3, -0.25) is 9.89 Å². The van der Waals surface area contributed by atoms with Crippen LogP contribution >= 0.6 is 11.3 Å². The lowest BCUT2D eigenvalue weighted by Crippen LogP contribution is -2.12. The van der Waals surface area contributed by atoms with E-state index in [0.717, 1.165) is 27.0 Å². The second-order valence-corrected chi connectivity index (χ2v) is 7.13. The molecule has 0 saturated heterocycles. The molecule has 3 heterocycles. The average molecular weight is 358 g/mol. The monoisotopic (exact) mass is 358 g/mol. The number of benzene rings is 2. The van der Waals surface area contributed by atoms with Crippen molar-refractivity contribution >= 4 is 43.9 Å². The number of H-pyrrole nitrogens is 2. The zero-order valence-electron chi connectivity index (χ0n) is 13.6. The maximum Gasteiger partial charge on any atom is 0.272 e. The van der Waals surface area contributed by atoms with Crippen LogP contribution in [0.2, 0.25) is 0 Å². The van der Waals surface area contributed by atoms with E-state index in [2.05, 4.69) is 38.7 Å². The standard InChI is InChI=1S/C20H14N4OS/c25-20(16-5-3-7-21-16)23-14-8-13-11-22-24-19(13)15(10-14)18-9-12-4-1-2-6-17(12)26-18/h1-11,21H,(H,22,24)(H,23,25). The van der Waals surface area contributed by atoms with Crippen LogP contribution in [0.5, 0.6) is 0 Å². The minimum absolute atomic E-state index is 0.167. The van der Waals surface area contributed by atoms with Crippen LogP contribution < -0.4 is 5.32 Å². The number of amides is 1. The van der Waals surface area contributed by atoms with Crippen molar-refractivity contribution < 1.29 is 4.79 Å². The summed E-state index contributed by atoms with van der Waals surface area (Å²) in [5, 5.41) is 12.4. The van der Waals surface area contributed by atoms with Gasteiger partial charge in [-0.2, -0.15) is 5.10 Å². The molecule has 0 radical (unpaired) electrons. The Morgan fingerprint density at radius 3 is 2.81 bits per heavy atom. The number of hydrogen-bond donors (Lipinski definition) is 3. The zero-order chi connectivity index (χ0) is 17.5. The van der Waals surface area contributed by atoms with Gasteiger partial charge in [-0.1, -0.05) is 18.2 Å². The predicted molar refractivity (Wildman–Crippen MR) is 106 cm³/mol. The number of nitrogens with one attached hydrogen (secondary N) is 3. The molecule has 1 amide bonds. The van der Waals surface area contributed by atoms with Gasteiger partial charge < -0.3 is 10.3 Å². The first-order valence-electron chi connectivity index (χ1n) is 8.19. The van der Waals surface area contributed by atoms with Crippen LogP contribution in [0.15, 0.2) is 67.0 Å². The van der Waals surface area contributed by atoms with Gasteiger partial charge in [0.05, 0.1) is 11.7 Å². The van der Waals surface area contributed by atoms with Gasteiger partial charge in [-0.15, -0.1) is 11.3 Å². The third-order valence-corrected chi connectivity index (χ3v) is 5.49. The molecule has 3 aromatic heterocycles. The summed E-state index contributed by atoms with van der Waals surface area (Å²) in [4.78, 5) is 16.4. The second kappa shape index (κ2) is 5.86. The number of fused-ring (bicyclic) bond motifs is 2. The number of anilines is 1. The van der Waals surface area contributed by atoms with Crippen LogP contribution in [0, 0.1) is 0 Å². The molecule has 0 bridgehead atoms. The zero-order valence-corrected chi connectivity index (χ0v) is 14.4. The van der Waals surface area contributed by atoms with Gasteiger partial charge in [-0.25, -0.2) is 0 Å². The van der Waals surface area contributed by atoms with E-state index in [0.29, 0.717) is 5.69 Å². The number of carbonyl (C=O) groups is 1. The van der Waals surface area contributed by atoms with Gasteiger partial charge in [-0.05, 0) is 41.8 Å². The predicted octanol–water partition coefficient (Wildman–Crippen LogP) is 5.03. The van der Waals surface area contributed by atoms with Crippen LogP contribution in [-0.2, 0) is 0 Å². The molecule has 3 N–H and O–H groups in total. The maximum absolute atomic E-state index is 12.4. The van der Waals surface area contributed by atoms with Crippen molar-refractivity contribution in [2.45, 2.75) is 0 Å². The molecule has 0 saturated carbocycles. The summed E-state index contributed by atoms with van der Waals surface area (Å²) in [6, 6.07) is 17.9. The summed E-state index contributed by atoms with van der Waals surface area (Å²) in [5.74, 6) is -0.167. The first-order valence-corrected chi connectivity index (χ1v) is 9.00. The smallest absolute Gasteiger partial charge is 0.272 e. The SMILES string of the molecule is O=C(Nc1cc(-c2cc3ccccc3s2)c2[nH]ncc2c1)c1ccc[nH]1. The van der Waals surface area contributed by atoms with Crippen LogP contribution in [0.3, 0.4) is 0 Å². The largest absolute Gasteiger partial charge is 0.357 e. The molecule has 5 aromatic rings. The summed E-state index contributed by atoms with van der Waals surface area (Å²) in [7, 11) is 0. The molecule has 6 heteroatoms. The highest BCUT2D eigenvalue weighted by Crippen LogP contribution is 2.38. The summed E-state index contributed by atoms with van der Waals surface area (Å²) in [6.07, 6.45) is 3.51. The molecule has 5 nitrogen and oxygen atoms in total. The lowest BCUT2D eigenvalue weighted by molar-refractivity contribution is 0.102. The minimum atomic E-state index is -0.167. The van der Waals surface area contributed by atoms with E-state index in [4.69, 9.17) is 0 Å². The molecule has 0 aliphatic carbocycles. The van der Waals surface area contributed by atoms with Crippen molar-refractivity contribution in [1.29, 1.82) is 0 Å². The van der Waals surface area contributed by atoms with Gasteiger partial charge >= 0.3 is 0 Å². The highest BCUT2D eigenvalue weighted by molar-refractivity contribution is 7.22. The molecular formula is C20H14N4OS. The Kier molecular flexibility index (Phi) is 3.36. The third kappa shape index (κ3) is 2.48. The quantitative estimate of drug-likeness (QED) is 0.423. The van der Waals surface area contributed by atoms with E-state index in [9.17, 15) is 4.79 Å². The van der Waals surface area contributed by atoms with E-state index in [1.165, 1.54) is 10.1 Å². The van der Waals surface area contributed by atoms with Gasteiger partial charge in [0.1, 0.15) is 5.69 Å². The van der Waals surface area contributed by atoms with Crippen LogP contribution in [0.4, 0.5) is 5.69 Å². The number of thiophene rings is 1. The first kappa shape index (κ1) is 14.9. The van der Waals surface area contributed by atoms with E-state index in [1.807, 2.05) is 24.3 Å². The minimum Gasteiger partial charge on any atom is -0.357 e. The van der Waals surface area contributed by atoms with Crippen LogP contribution in [0.25, 0.3) is 31.4 Å². The number of aromatic amines is 2. The molecule has 0 aliphatic rings. The van der Waals surface area contributed by atoms with E-state index in [1.54, 1.807) is 35.9 Å². The summed E-state index contributed by atoms with van der Waals surface area (Å²) in [5.41, 5.74) is 3.27. The average Bonchev–Trinajstić information content (AvgIpc) is 3.39. The van der Waals surface area contributed by atoms with Crippen molar-refractivity contribution in [2.24, 2.45) is 0 Å².